The van der Waals surface area contributed by atoms with Gasteiger partial charge >= 0.3 is 5.97 Å². The predicted octanol–water partition coefficient (Wildman–Crippen LogP) is 1.38. The van der Waals surface area contributed by atoms with Crippen LogP contribution in [0.15, 0.2) is 15.4 Å². The topological polar surface area (TPSA) is 106 Å². The molecular weight excluding hydrogens is 298 g/mol. The number of hydrogen-bond donors (Lipinski definition) is 2. The molecule has 1 aromatic heterocycles. The van der Waals surface area contributed by atoms with Crippen LogP contribution in [0.1, 0.15) is 36.1 Å². The van der Waals surface area contributed by atoms with E-state index in [1.54, 1.807) is 6.92 Å². The van der Waals surface area contributed by atoms with Gasteiger partial charge in [0.05, 0.1) is 0 Å². The normalized spacial score (nSPS) is 18.6. The summed E-state index contributed by atoms with van der Waals surface area (Å²) in [6, 6.07) is 0.790. The first kappa shape index (κ1) is 16.0. The van der Waals surface area contributed by atoms with E-state index in [-0.39, 0.29) is 28.4 Å². The van der Waals surface area contributed by atoms with Crippen LogP contribution in [0.2, 0.25) is 0 Å². The van der Waals surface area contributed by atoms with Crippen LogP contribution in [0.3, 0.4) is 0 Å². The standard InChI is InChI=1S/C13H19NO6S/c1-8(10-3-5-19-6-4-10)14-21(17,18)12-7-11(13(15)16)20-9(12)2/h7-8,10,14H,3-6H2,1-2H3,(H,15,16). The van der Waals surface area contributed by atoms with E-state index in [1.165, 1.54) is 6.92 Å². The van der Waals surface area contributed by atoms with Crippen molar-refractivity contribution in [3.05, 3.63) is 17.6 Å². The van der Waals surface area contributed by atoms with Crippen molar-refractivity contribution in [3.63, 3.8) is 0 Å². The number of hydrogen-bond acceptors (Lipinski definition) is 5. The molecule has 0 bridgehead atoms. The average Bonchev–Trinajstić information content (AvgIpc) is 2.82. The summed E-state index contributed by atoms with van der Waals surface area (Å²) in [7, 11) is -3.80. The van der Waals surface area contributed by atoms with E-state index < -0.39 is 16.0 Å². The first-order chi connectivity index (χ1) is 9.81. The van der Waals surface area contributed by atoms with E-state index in [0.29, 0.717) is 13.2 Å². The first-order valence-electron chi connectivity index (χ1n) is 6.75. The molecule has 0 aromatic carbocycles. The van der Waals surface area contributed by atoms with Crippen LogP contribution < -0.4 is 4.72 Å². The fourth-order valence-electron chi connectivity index (χ4n) is 2.46. The largest absolute Gasteiger partial charge is 0.475 e. The molecule has 0 saturated carbocycles. The maximum absolute atomic E-state index is 12.3. The van der Waals surface area contributed by atoms with Crippen LogP contribution in [0, 0.1) is 12.8 Å². The minimum Gasteiger partial charge on any atom is -0.475 e. The van der Waals surface area contributed by atoms with Gasteiger partial charge in [0.1, 0.15) is 10.7 Å². The number of ether oxygens (including phenoxy) is 1. The molecule has 2 heterocycles. The van der Waals surface area contributed by atoms with Gasteiger partial charge in [-0.3, -0.25) is 0 Å². The SMILES string of the molecule is Cc1oc(C(=O)O)cc1S(=O)(=O)NC(C)C1CCOCC1. The number of aromatic carboxylic acids is 1. The molecule has 1 aromatic rings. The third kappa shape index (κ3) is 3.63. The first-order valence-corrected chi connectivity index (χ1v) is 8.23. The molecular formula is C13H19NO6S. The molecule has 0 radical (unpaired) electrons. The quantitative estimate of drug-likeness (QED) is 0.850. The third-order valence-electron chi connectivity index (χ3n) is 3.69. The number of carboxylic acid groups (broad SMARTS) is 1. The minimum absolute atomic E-state index is 0.0686. The summed E-state index contributed by atoms with van der Waals surface area (Å²) in [5.41, 5.74) is 0. The van der Waals surface area contributed by atoms with Crippen molar-refractivity contribution >= 4 is 16.0 Å². The van der Waals surface area contributed by atoms with Gasteiger partial charge in [0.2, 0.25) is 15.8 Å². The van der Waals surface area contributed by atoms with E-state index in [1.807, 2.05) is 0 Å². The fourth-order valence-corrected chi connectivity index (χ4v) is 3.95. The van der Waals surface area contributed by atoms with E-state index >= 15 is 0 Å². The molecule has 2 rings (SSSR count). The second-order valence-corrected chi connectivity index (χ2v) is 6.88. The lowest BCUT2D eigenvalue weighted by atomic mass is 9.94. The Balaban J connectivity index is 2.16. The molecule has 1 aliphatic heterocycles. The summed E-state index contributed by atoms with van der Waals surface area (Å²) in [6.07, 6.45) is 1.60. The zero-order chi connectivity index (χ0) is 15.6. The summed E-state index contributed by atoms with van der Waals surface area (Å²) in [5, 5.41) is 8.85. The smallest absolute Gasteiger partial charge is 0.371 e. The Hall–Kier alpha value is -1.38. The summed E-state index contributed by atoms with van der Waals surface area (Å²) < 4.78 is 37.5. The maximum atomic E-state index is 12.3. The van der Waals surface area contributed by atoms with Crippen molar-refractivity contribution in [2.45, 2.75) is 37.6 Å². The lowest BCUT2D eigenvalue weighted by molar-refractivity contribution is 0.0585. The van der Waals surface area contributed by atoms with Gasteiger partial charge in [0.25, 0.3) is 0 Å². The highest BCUT2D eigenvalue weighted by Gasteiger charge is 2.29. The number of nitrogens with one attached hydrogen (secondary N) is 1. The van der Waals surface area contributed by atoms with E-state index in [0.717, 1.165) is 18.9 Å². The molecule has 0 amide bonds. The molecule has 1 fully saturated rings. The van der Waals surface area contributed by atoms with Crippen molar-refractivity contribution < 1.29 is 27.5 Å². The predicted molar refractivity (Wildman–Crippen MR) is 73.7 cm³/mol. The van der Waals surface area contributed by atoms with E-state index in [9.17, 15) is 13.2 Å². The van der Waals surface area contributed by atoms with Crippen molar-refractivity contribution in [1.82, 2.24) is 4.72 Å². The number of furan rings is 1. The van der Waals surface area contributed by atoms with Gasteiger partial charge < -0.3 is 14.3 Å². The molecule has 0 spiro atoms. The van der Waals surface area contributed by atoms with Crippen LogP contribution in [-0.4, -0.2) is 38.7 Å². The van der Waals surface area contributed by atoms with E-state index in [2.05, 4.69) is 4.72 Å². The number of aryl methyl sites for hydroxylation is 1. The lowest BCUT2D eigenvalue weighted by Crippen LogP contribution is -2.40. The summed E-state index contributed by atoms with van der Waals surface area (Å²) >= 11 is 0. The lowest BCUT2D eigenvalue weighted by Gasteiger charge is -2.28. The molecule has 0 aliphatic carbocycles. The van der Waals surface area contributed by atoms with Crippen LogP contribution in [0.4, 0.5) is 0 Å². The Morgan fingerprint density at radius 3 is 2.57 bits per heavy atom. The summed E-state index contributed by atoms with van der Waals surface area (Å²) in [6.45, 7) is 4.50. The third-order valence-corrected chi connectivity index (χ3v) is 5.35. The van der Waals surface area contributed by atoms with Crippen LogP contribution in [0.5, 0.6) is 0 Å². The Labute approximate surface area is 123 Å². The monoisotopic (exact) mass is 317 g/mol. The van der Waals surface area contributed by atoms with Gasteiger partial charge in [-0.1, -0.05) is 0 Å². The average molecular weight is 317 g/mol. The molecule has 8 heteroatoms. The Morgan fingerprint density at radius 1 is 1.43 bits per heavy atom. The number of carboxylic acids is 1. The minimum atomic E-state index is -3.80. The summed E-state index contributed by atoms with van der Waals surface area (Å²) in [4.78, 5) is 10.7. The molecule has 118 valence electrons. The number of sulfonamides is 1. The van der Waals surface area contributed by atoms with Gasteiger partial charge in [0.15, 0.2) is 0 Å². The van der Waals surface area contributed by atoms with Crippen LogP contribution >= 0.6 is 0 Å². The molecule has 1 unspecified atom stereocenters. The number of carbonyl (C=O) groups is 1. The van der Waals surface area contributed by atoms with Gasteiger partial charge in [-0.2, -0.15) is 0 Å². The molecule has 2 N–H and O–H groups in total. The van der Waals surface area contributed by atoms with Gasteiger partial charge in [-0.15, -0.1) is 0 Å². The number of rotatable bonds is 5. The molecule has 1 atom stereocenters. The second kappa shape index (κ2) is 6.17. The fraction of sp³-hybridized carbons (Fsp3) is 0.615. The highest BCUT2D eigenvalue weighted by Crippen LogP contribution is 2.23. The van der Waals surface area contributed by atoms with E-state index in [4.69, 9.17) is 14.3 Å². The zero-order valence-corrected chi connectivity index (χ0v) is 12.8. The van der Waals surface area contributed by atoms with Gasteiger partial charge in [-0.05, 0) is 32.6 Å². The van der Waals surface area contributed by atoms with Gasteiger partial charge in [-0.25, -0.2) is 17.9 Å². The summed E-state index contributed by atoms with van der Waals surface area (Å²) in [5.74, 6) is -1.40. The molecule has 1 saturated heterocycles. The molecule has 7 nitrogen and oxygen atoms in total. The van der Waals surface area contributed by atoms with Crippen molar-refractivity contribution in [2.75, 3.05) is 13.2 Å². The van der Waals surface area contributed by atoms with Gasteiger partial charge in [0, 0.05) is 25.3 Å². The maximum Gasteiger partial charge on any atom is 0.371 e. The zero-order valence-electron chi connectivity index (χ0n) is 12.0. The molecule has 1 aliphatic rings. The van der Waals surface area contributed by atoms with Crippen molar-refractivity contribution in [3.8, 4) is 0 Å². The highest BCUT2D eigenvalue weighted by molar-refractivity contribution is 7.89. The van der Waals surface area contributed by atoms with Crippen molar-refractivity contribution in [2.24, 2.45) is 5.92 Å². The Bertz CT molecular complexity index is 615. The highest BCUT2D eigenvalue weighted by atomic mass is 32.2. The van der Waals surface area contributed by atoms with Crippen LogP contribution in [0.25, 0.3) is 0 Å². The Kier molecular flexibility index (Phi) is 4.70. The Morgan fingerprint density at radius 2 is 2.05 bits per heavy atom. The van der Waals surface area contributed by atoms with Crippen LogP contribution in [-0.2, 0) is 14.8 Å². The molecule has 21 heavy (non-hydrogen) atoms. The van der Waals surface area contributed by atoms with Crippen molar-refractivity contribution in [1.29, 1.82) is 0 Å². The second-order valence-electron chi connectivity index (χ2n) is 5.20.